The molecule has 1 aromatic heterocycles. The van der Waals surface area contributed by atoms with E-state index in [0.717, 1.165) is 15.7 Å². The van der Waals surface area contributed by atoms with Crippen LogP contribution in [-0.4, -0.2) is 15.0 Å². The predicted octanol–water partition coefficient (Wildman–Crippen LogP) is 3.68. The van der Waals surface area contributed by atoms with Gasteiger partial charge in [0.15, 0.2) is 0 Å². The van der Waals surface area contributed by atoms with Crippen LogP contribution in [0, 0.1) is 5.82 Å². The second-order valence-electron chi connectivity index (χ2n) is 3.73. The van der Waals surface area contributed by atoms with E-state index in [1.54, 1.807) is 4.68 Å². The molecule has 90 valence electrons. The third kappa shape index (κ3) is 3.35. The van der Waals surface area contributed by atoms with Crippen molar-refractivity contribution in [2.45, 2.75) is 18.3 Å². The molecule has 0 saturated heterocycles. The number of hydrogen-bond acceptors (Lipinski definition) is 2. The Bertz CT molecular complexity index is 505. The largest absolute Gasteiger partial charge is 0.248 e. The fourth-order valence-electron chi connectivity index (χ4n) is 1.46. The third-order valence-electron chi connectivity index (χ3n) is 2.23. The first kappa shape index (κ1) is 12.7. The van der Waals surface area contributed by atoms with Gasteiger partial charge in [0.25, 0.3) is 0 Å². The van der Waals surface area contributed by atoms with E-state index in [9.17, 15) is 4.39 Å². The highest BCUT2D eigenvalue weighted by molar-refractivity contribution is 9.10. The van der Waals surface area contributed by atoms with Crippen LogP contribution in [0.4, 0.5) is 4.39 Å². The van der Waals surface area contributed by atoms with Crippen LogP contribution < -0.4 is 0 Å². The first-order valence-electron chi connectivity index (χ1n) is 5.03. The summed E-state index contributed by atoms with van der Waals surface area (Å²) in [4.78, 5) is 0.162. The first-order valence-corrected chi connectivity index (χ1v) is 6.74. The normalized spacial score (nSPS) is 12.7. The Morgan fingerprint density at radius 1 is 1.41 bits per heavy atom. The summed E-state index contributed by atoms with van der Waals surface area (Å²) in [6.45, 7) is 2.48. The molecule has 2 aromatic rings. The summed E-state index contributed by atoms with van der Waals surface area (Å²) in [6, 6.07) is 4.78. The number of halogens is 3. The molecule has 0 bridgehead atoms. The molecular formula is C11H10Br2FN3. The molecule has 0 radical (unpaired) electrons. The Labute approximate surface area is 115 Å². The van der Waals surface area contributed by atoms with Gasteiger partial charge in [-0.15, -0.1) is 5.10 Å². The SMILES string of the molecule is CC(Br)c1cn(Cc2cc(F)cc(Br)c2)nn1. The van der Waals surface area contributed by atoms with E-state index in [-0.39, 0.29) is 10.6 Å². The molecule has 0 aliphatic rings. The van der Waals surface area contributed by atoms with Crippen LogP contribution in [0.2, 0.25) is 0 Å². The lowest BCUT2D eigenvalue weighted by atomic mass is 10.2. The standard InChI is InChI=1S/C11H10Br2FN3/c1-7(12)11-6-17(16-15-11)5-8-2-9(13)4-10(14)3-8/h2-4,6-7H,5H2,1H3. The molecule has 0 N–H and O–H groups in total. The van der Waals surface area contributed by atoms with Crippen LogP contribution in [-0.2, 0) is 6.54 Å². The summed E-state index contributed by atoms with van der Waals surface area (Å²) in [5, 5.41) is 8.01. The molecular weight excluding hydrogens is 353 g/mol. The number of benzene rings is 1. The van der Waals surface area contributed by atoms with Crippen LogP contribution in [0.25, 0.3) is 0 Å². The van der Waals surface area contributed by atoms with Crippen LogP contribution in [0.15, 0.2) is 28.9 Å². The van der Waals surface area contributed by atoms with Gasteiger partial charge in [0.05, 0.1) is 17.1 Å². The van der Waals surface area contributed by atoms with E-state index >= 15 is 0 Å². The monoisotopic (exact) mass is 361 g/mol. The molecule has 1 heterocycles. The highest BCUT2D eigenvalue weighted by Gasteiger charge is 2.07. The third-order valence-corrected chi connectivity index (χ3v) is 3.16. The predicted molar refractivity (Wildman–Crippen MR) is 70.6 cm³/mol. The Balaban J connectivity index is 2.19. The smallest absolute Gasteiger partial charge is 0.124 e. The topological polar surface area (TPSA) is 30.7 Å². The van der Waals surface area contributed by atoms with Crippen molar-refractivity contribution in [3.05, 3.63) is 45.9 Å². The molecule has 1 unspecified atom stereocenters. The van der Waals surface area contributed by atoms with E-state index in [1.165, 1.54) is 12.1 Å². The minimum Gasteiger partial charge on any atom is -0.248 e. The van der Waals surface area contributed by atoms with Crippen LogP contribution >= 0.6 is 31.9 Å². The minimum atomic E-state index is -0.261. The van der Waals surface area contributed by atoms with Gasteiger partial charge in [0.2, 0.25) is 0 Å². The summed E-state index contributed by atoms with van der Waals surface area (Å²) in [5.41, 5.74) is 1.70. The second kappa shape index (κ2) is 5.27. The van der Waals surface area contributed by atoms with Crippen molar-refractivity contribution in [2.75, 3.05) is 0 Å². The van der Waals surface area contributed by atoms with Gasteiger partial charge in [0.1, 0.15) is 5.82 Å². The average Bonchev–Trinajstić information content (AvgIpc) is 2.64. The van der Waals surface area contributed by atoms with E-state index in [2.05, 4.69) is 42.2 Å². The quantitative estimate of drug-likeness (QED) is 0.779. The van der Waals surface area contributed by atoms with Crippen molar-refractivity contribution in [3.8, 4) is 0 Å². The molecule has 0 aliphatic heterocycles. The summed E-state index contributed by atoms with van der Waals surface area (Å²) in [5.74, 6) is -0.261. The van der Waals surface area contributed by atoms with E-state index in [0.29, 0.717) is 6.54 Å². The molecule has 0 fully saturated rings. The molecule has 0 aliphatic carbocycles. The van der Waals surface area contributed by atoms with Gasteiger partial charge >= 0.3 is 0 Å². The summed E-state index contributed by atoms with van der Waals surface area (Å²) < 4.78 is 15.6. The van der Waals surface area contributed by atoms with Crippen LogP contribution in [0.3, 0.4) is 0 Å². The molecule has 0 spiro atoms. The zero-order valence-electron chi connectivity index (χ0n) is 9.07. The Hall–Kier alpha value is -0.750. The fourth-order valence-corrected chi connectivity index (χ4v) is 2.18. The Morgan fingerprint density at radius 3 is 2.76 bits per heavy atom. The fraction of sp³-hybridized carbons (Fsp3) is 0.273. The molecule has 0 amide bonds. The number of nitrogens with zero attached hydrogens (tertiary/aromatic N) is 3. The first-order chi connectivity index (χ1) is 8.04. The number of hydrogen-bond donors (Lipinski definition) is 0. The summed E-state index contributed by atoms with van der Waals surface area (Å²) in [7, 11) is 0. The molecule has 1 aromatic carbocycles. The zero-order chi connectivity index (χ0) is 12.4. The zero-order valence-corrected chi connectivity index (χ0v) is 12.2. The van der Waals surface area contributed by atoms with E-state index in [1.807, 2.05) is 19.2 Å². The van der Waals surface area contributed by atoms with Crippen molar-refractivity contribution in [2.24, 2.45) is 0 Å². The van der Waals surface area contributed by atoms with Gasteiger partial charge in [-0.25, -0.2) is 9.07 Å². The Morgan fingerprint density at radius 2 is 2.18 bits per heavy atom. The lowest BCUT2D eigenvalue weighted by Crippen LogP contribution is -2.00. The van der Waals surface area contributed by atoms with Crippen molar-refractivity contribution >= 4 is 31.9 Å². The maximum Gasteiger partial charge on any atom is 0.124 e. The van der Waals surface area contributed by atoms with Crippen molar-refractivity contribution in [1.29, 1.82) is 0 Å². The van der Waals surface area contributed by atoms with E-state index < -0.39 is 0 Å². The highest BCUT2D eigenvalue weighted by Crippen LogP contribution is 2.19. The van der Waals surface area contributed by atoms with E-state index in [4.69, 9.17) is 0 Å². The number of aromatic nitrogens is 3. The van der Waals surface area contributed by atoms with Gasteiger partial charge in [-0.05, 0) is 30.7 Å². The second-order valence-corrected chi connectivity index (χ2v) is 6.02. The van der Waals surface area contributed by atoms with Crippen molar-refractivity contribution in [3.63, 3.8) is 0 Å². The van der Waals surface area contributed by atoms with Crippen LogP contribution in [0.1, 0.15) is 23.0 Å². The van der Waals surface area contributed by atoms with Crippen molar-refractivity contribution in [1.82, 2.24) is 15.0 Å². The van der Waals surface area contributed by atoms with Crippen LogP contribution in [0.5, 0.6) is 0 Å². The molecule has 3 nitrogen and oxygen atoms in total. The number of alkyl halides is 1. The van der Waals surface area contributed by atoms with Gasteiger partial charge in [0, 0.05) is 10.7 Å². The lowest BCUT2D eigenvalue weighted by molar-refractivity contribution is 0.613. The maximum atomic E-state index is 13.2. The van der Waals surface area contributed by atoms with Crippen molar-refractivity contribution < 1.29 is 4.39 Å². The number of rotatable bonds is 3. The summed E-state index contributed by atoms with van der Waals surface area (Å²) in [6.07, 6.45) is 1.85. The molecule has 1 atom stereocenters. The summed E-state index contributed by atoms with van der Waals surface area (Å²) >= 11 is 6.68. The lowest BCUT2D eigenvalue weighted by Gasteiger charge is -2.02. The molecule has 0 saturated carbocycles. The van der Waals surface area contributed by atoms with Gasteiger partial charge in [-0.1, -0.05) is 37.1 Å². The van der Waals surface area contributed by atoms with Gasteiger partial charge in [-0.3, -0.25) is 0 Å². The molecule has 2 rings (SSSR count). The minimum absolute atomic E-state index is 0.162. The average molecular weight is 363 g/mol. The van der Waals surface area contributed by atoms with Gasteiger partial charge < -0.3 is 0 Å². The van der Waals surface area contributed by atoms with Gasteiger partial charge in [-0.2, -0.15) is 0 Å². The molecule has 17 heavy (non-hydrogen) atoms. The Kier molecular flexibility index (Phi) is 3.93. The maximum absolute atomic E-state index is 13.2. The molecule has 6 heteroatoms. The highest BCUT2D eigenvalue weighted by atomic mass is 79.9.